The molecule has 2 aliphatic heterocycles. The van der Waals surface area contributed by atoms with Crippen LogP contribution in [0.5, 0.6) is 11.5 Å². The van der Waals surface area contributed by atoms with Crippen molar-refractivity contribution < 1.29 is 41.4 Å². The fourth-order valence-corrected chi connectivity index (χ4v) is 4.95. The first kappa shape index (κ1) is 26.4. The molecule has 4 atom stereocenters. The van der Waals surface area contributed by atoms with Crippen LogP contribution in [0.1, 0.15) is 0 Å². The van der Waals surface area contributed by atoms with Crippen molar-refractivity contribution >= 4 is 37.8 Å². The lowest BCUT2D eigenvalue weighted by Crippen LogP contribution is -2.34. The summed E-state index contributed by atoms with van der Waals surface area (Å²) in [6, 6.07) is 6.74. The van der Waals surface area contributed by atoms with E-state index in [0.29, 0.717) is 11.2 Å². The number of anilines is 2. The van der Waals surface area contributed by atoms with E-state index in [2.05, 4.69) is 19.6 Å². The van der Waals surface area contributed by atoms with E-state index in [-0.39, 0.29) is 41.6 Å². The number of aromatic nitrogens is 2. The average molecular weight is 555 g/mol. The number of nitrogens with zero attached hydrogens (tertiary/aromatic N) is 3. The topological polar surface area (TPSA) is 124 Å². The van der Waals surface area contributed by atoms with Crippen LogP contribution >= 0.6 is 0 Å². The Kier molecular flexibility index (Phi) is 7.31. The van der Waals surface area contributed by atoms with Crippen LogP contribution in [0, 0.1) is 5.82 Å². The second-order valence-corrected chi connectivity index (χ2v) is 11.7. The van der Waals surface area contributed by atoms with Crippen molar-refractivity contribution in [3.8, 4) is 11.5 Å². The molecule has 3 heterocycles. The van der Waals surface area contributed by atoms with Crippen molar-refractivity contribution in [3.63, 3.8) is 0 Å². The summed E-state index contributed by atoms with van der Waals surface area (Å²) in [7, 11) is -2.56. The largest absolute Gasteiger partial charge is 0.487 e. The highest BCUT2D eigenvalue weighted by Crippen LogP contribution is 2.39. The molecule has 2 fully saturated rings. The van der Waals surface area contributed by atoms with Gasteiger partial charge in [-0.05, 0) is 18.2 Å². The summed E-state index contributed by atoms with van der Waals surface area (Å²) in [6.07, 6.45) is -1.07. The van der Waals surface area contributed by atoms with Gasteiger partial charge < -0.3 is 29.4 Å². The summed E-state index contributed by atoms with van der Waals surface area (Å²) in [5.74, 6) is -0.271. The Morgan fingerprint density at radius 1 is 1.16 bits per heavy atom. The predicted molar refractivity (Wildman–Crippen MR) is 133 cm³/mol. The van der Waals surface area contributed by atoms with Crippen LogP contribution < -0.4 is 14.8 Å². The lowest BCUT2D eigenvalue weighted by atomic mass is 10.1. The van der Waals surface area contributed by atoms with E-state index >= 15 is 0 Å². The second kappa shape index (κ2) is 10.5. The average Bonchev–Trinajstić information content (AvgIpc) is 3.41. The number of nitrogens with one attached hydrogen (secondary N) is 1. The molecule has 0 aliphatic carbocycles. The number of aliphatic hydroxyl groups is 1. The minimum absolute atomic E-state index is 0.00161. The van der Waals surface area contributed by atoms with Gasteiger partial charge in [-0.1, -0.05) is 0 Å². The molecule has 2 saturated heterocycles. The van der Waals surface area contributed by atoms with Gasteiger partial charge in [0.25, 0.3) is 6.43 Å². The van der Waals surface area contributed by atoms with E-state index in [0.717, 1.165) is 0 Å². The third-order valence-electron chi connectivity index (χ3n) is 5.83. The highest BCUT2D eigenvalue weighted by Gasteiger charge is 2.48. The van der Waals surface area contributed by atoms with Crippen molar-refractivity contribution in [2.45, 2.75) is 30.8 Å². The minimum Gasteiger partial charge on any atom is -0.487 e. The molecule has 0 amide bonds. The van der Waals surface area contributed by atoms with Gasteiger partial charge in [0.15, 0.2) is 6.10 Å². The molecule has 3 aromatic rings. The summed E-state index contributed by atoms with van der Waals surface area (Å²) < 4.78 is 79.1. The van der Waals surface area contributed by atoms with E-state index in [1.54, 1.807) is 0 Å². The number of aliphatic hydroxyl groups excluding tert-OH is 1. The number of hydrogen-bond donors (Lipinski definition) is 2. The Morgan fingerprint density at radius 3 is 2.71 bits per heavy atom. The molecule has 204 valence electrons. The molecule has 0 spiro atoms. The van der Waals surface area contributed by atoms with Crippen LogP contribution in [0.2, 0.25) is 0 Å². The SMILES string of the molecule is CS(C)(=O)=Nc1cc(OCC(F)F)c2c(Nc3ccc(F)cc3O[C@@H]3CO[C@H]4C3OC[C@H]4O)ncnc2c1. The van der Waals surface area contributed by atoms with Crippen molar-refractivity contribution in [3.05, 3.63) is 42.5 Å². The lowest BCUT2D eigenvalue weighted by Gasteiger charge is -2.21. The van der Waals surface area contributed by atoms with Gasteiger partial charge in [-0.25, -0.2) is 27.3 Å². The number of ether oxygens (including phenoxy) is 4. The first-order valence-electron chi connectivity index (χ1n) is 11.6. The first-order valence-corrected chi connectivity index (χ1v) is 13.9. The molecule has 5 rings (SSSR count). The van der Waals surface area contributed by atoms with Crippen LogP contribution in [-0.2, 0) is 19.2 Å². The lowest BCUT2D eigenvalue weighted by molar-refractivity contribution is 0.00871. The van der Waals surface area contributed by atoms with Gasteiger partial charge in [-0.3, -0.25) is 0 Å². The third-order valence-corrected chi connectivity index (χ3v) is 6.48. The number of fused-ring (bicyclic) bond motifs is 2. The normalized spacial score (nSPS) is 23.0. The zero-order valence-corrected chi connectivity index (χ0v) is 21.2. The number of hydrogen-bond acceptors (Lipinski definition) is 10. The molecule has 1 aromatic heterocycles. The first-order chi connectivity index (χ1) is 18.1. The summed E-state index contributed by atoms with van der Waals surface area (Å²) in [4.78, 5) is 8.45. The van der Waals surface area contributed by atoms with Crippen LogP contribution in [-0.4, -0.2) is 82.5 Å². The minimum atomic E-state index is -2.75. The van der Waals surface area contributed by atoms with E-state index in [1.807, 2.05) is 0 Å². The summed E-state index contributed by atoms with van der Waals surface area (Å²) in [5.41, 5.74) is 0.843. The van der Waals surface area contributed by atoms with E-state index < -0.39 is 53.0 Å². The Hall–Kier alpha value is -3.20. The van der Waals surface area contributed by atoms with Crippen molar-refractivity contribution in [2.75, 3.05) is 37.6 Å². The fourth-order valence-electron chi connectivity index (χ4n) is 4.34. The summed E-state index contributed by atoms with van der Waals surface area (Å²) in [6.45, 7) is -0.659. The Labute approximate surface area is 216 Å². The monoisotopic (exact) mass is 554 g/mol. The van der Waals surface area contributed by atoms with Gasteiger partial charge >= 0.3 is 0 Å². The predicted octanol–water partition coefficient (Wildman–Crippen LogP) is 3.42. The molecule has 0 saturated carbocycles. The second-order valence-electron chi connectivity index (χ2n) is 9.12. The van der Waals surface area contributed by atoms with Crippen LogP contribution in [0.25, 0.3) is 10.9 Å². The highest BCUT2D eigenvalue weighted by molar-refractivity contribution is 7.92. The number of rotatable bonds is 8. The highest BCUT2D eigenvalue weighted by atomic mass is 32.2. The van der Waals surface area contributed by atoms with E-state index in [9.17, 15) is 22.5 Å². The van der Waals surface area contributed by atoms with Gasteiger partial charge in [0, 0.05) is 34.4 Å². The molecule has 38 heavy (non-hydrogen) atoms. The number of alkyl halides is 2. The summed E-state index contributed by atoms with van der Waals surface area (Å²) in [5, 5.41) is 13.3. The molecule has 10 nitrogen and oxygen atoms in total. The van der Waals surface area contributed by atoms with Crippen molar-refractivity contribution in [1.29, 1.82) is 0 Å². The van der Waals surface area contributed by atoms with Crippen molar-refractivity contribution in [2.24, 2.45) is 4.36 Å². The quantitative estimate of drug-likeness (QED) is 0.431. The van der Waals surface area contributed by atoms with E-state index in [1.165, 1.54) is 49.2 Å². The standard InChI is InChI=1S/C24H25F3N4O6S/c1-38(2,33)31-13-6-15-21(18(7-13)34-10-20(26)27)24(29-11-28-15)30-14-4-3-12(25)5-17(14)37-19-9-36-22-16(32)8-35-23(19)22/h3-7,11,16,19-20,22-23,32H,8-10H2,1-2H3,(H,28,29,30)/t16-,19-,22-,23?/m1/s1. The molecular formula is C24H25F3N4O6S. The van der Waals surface area contributed by atoms with Crippen molar-refractivity contribution in [1.82, 2.24) is 9.97 Å². The number of halogens is 3. The van der Waals surface area contributed by atoms with Crippen LogP contribution in [0.15, 0.2) is 41.0 Å². The van der Waals surface area contributed by atoms with Gasteiger partial charge in [-0.15, -0.1) is 0 Å². The molecule has 2 aromatic carbocycles. The maximum Gasteiger partial charge on any atom is 0.272 e. The van der Waals surface area contributed by atoms with Crippen LogP contribution in [0.3, 0.4) is 0 Å². The fraction of sp³-hybridized carbons (Fsp3) is 0.417. The summed E-state index contributed by atoms with van der Waals surface area (Å²) >= 11 is 0. The Balaban J connectivity index is 1.52. The third kappa shape index (κ3) is 5.77. The maximum atomic E-state index is 14.2. The molecule has 0 bridgehead atoms. The number of benzene rings is 2. The Bertz CT molecular complexity index is 1460. The molecule has 0 radical (unpaired) electrons. The molecule has 1 unspecified atom stereocenters. The zero-order valence-electron chi connectivity index (χ0n) is 20.3. The van der Waals surface area contributed by atoms with Gasteiger partial charge in [0.1, 0.15) is 54.4 Å². The zero-order chi connectivity index (χ0) is 27.0. The molecule has 14 heteroatoms. The molecule has 2 aliphatic rings. The Morgan fingerprint density at radius 2 is 1.95 bits per heavy atom. The van der Waals surface area contributed by atoms with E-state index in [4.69, 9.17) is 18.9 Å². The van der Waals surface area contributed by atoms with Gasteiger partial charge in [-0.2, -0.15) is 4.36 Å². The molecule has 2 N–H and O–H groups in total. The smallest absolute Gasteiger partial charge is 0.272 e. The van der Waals surface area contributed by atoms with Crippen LogP contribution in [0.4, 0.5) is 30.4 Å². The maximum absolute atomic E-state index is 14.2. The molecular weight excluding hydrogens is 529 g/mol. The van der Waals surface area contributed by atoms with Gasteiger partial charge in [0.05, 0.1) is 35.5 Å². The van der Waals surface area contributed by atoms with Gasteiger partial charge in [0.2, 0.25) is 0 Å².